The van der Waals surface area contributed by atoms with E-state index in [9.17, 15) is 10.2 Å². The number of phenols is 2. The van der Waals surface area contributed by atoms with Crippen LogP contribution in [0.1, 0.15) is 31.0 Å². The van der Waals surface area contributed by atoms with Crippen molar-refractivity contribution in [2.45, 2.75) is 26.3 Å². The van der Waals surface area contributed by atoms with Crippen molar-refractivity contribution in [3.63, 3.8) is 0 Å². The highest BCUT2D eigenvalue weighted by Gasteiger charge is 2.10. The Labute approximate surface area is 113 Å². The monoisotopic (exact) mass is 257 g/mol. The summed E-state index contributed by atoms with van der Waals surface area (Å²) in [5.74, 6) is 0.172. The topological polar surface area (TPSA) is 52.5 Å². The third-order valence-electron chi connectivity index (χ3n) is 3.23. The summed E-state index contributed by atoms with van der Waals surface area (Å²) in [5.41, 5.74) is 3.07. The van der Waals surface area contributed by atoms with Gasteiger partial charge in [-0.3, -0.25) is 0 Å². The maximum Gasteiger partial charge on any atom is 0.124 e. The highest BCUT2D eigenvalue weighted by molar-refractivity contribution is 5.49. The molecule has 2 aromatic carbocycles. The molecule has 1 unspecified atom stereocenters. The fourth-order valence-corrected chi connectivity index (χ4v) is 2.06. The van der Waals surface area contributed by atoms with Crippen molar-refractivity contribution in [2.75, 3.05) is 5.32 Å². The average molecular weight is 257 g/mol. The van der Waals surface area contributed by atoms with Crippen molar-refractivity contribution >= 4 is 5.69 Å². The summed E-state index contributed by atoms with van der Waals surface area (Å²) in [4.78, 5) is 0. The van der Waals surface area contributed by atoms with E-state index < -0.39 is 0 Å². The summed E-state index contributed by atoms with van der Waals surface area (Å²) in [6.07, 6.45) is 1.02. The van der Waals surface area contributed by atoms with Crippen molar-refractivity contribution in [1.82, 2.24) is 0 Å². The van der Waals surface area contributed by atoms with Gasteiger partial charge in [0.25, 0.3) is 0 Å². The maximum absolute atomic E-state index is 9.82. The van der Waals surface area contributed by atoms with Crippen LogP contribution < -0.4 is 5.32 Å². The highest BCUT2D eigenvalue weighted by Crippen LogP contribution is 2.29. The van der Waals surface area contributed by atoms with Crippen LogP contribution in [0.15, 0.2) is 42.5 Å². The van der Waals surface area contributed by atoms with Gasteiger partial charge in [0, 0.05) is 17.3 Å². The van der Waals surface area contributed by atoms with Crippen molar-refractivity contribution in [3.05, 3.63) is 53.6 Å². The molecular formula is C16H19NO2. The van der Waals surface area contributed by atoms with Gasteiger partial charge in [0.2, 0.25) is 0 Å². The number of phenolic OH excluding ortho intramolecular Hbond substituents is 2. The number of hydrogen-bond donors (Lipinski definition) is 3. The van der Waals surface area contributed by atoms with E-state index in [1.165, 1.54) is 11.6 Å². The number of benzene rings is 2. The van der Waals surface area contributed by atoms with E-state index in [2.05, 4.69) is 24.4 Å². The molecule has 0 aromatic heterocycles. The van der Waals surface area contributed by atoms with E-state index in [-0.39, 0.29) is 17.5 Å². The Morgan fingerprint density at radius 2 is 1.74 bits per heavy atom. The predicted octanol–water partition coefficient (Wildman–Crippen LogP) is 3.83. The number of nitrogens with one attached hydrogen (secondary N) is 1. The van der Waals surface area contributed by atoms with Crippen LogP contribution in [0.2, 0.25) is 0 Å². The summed E-state index contributed by atoms with van der Waals surface area (Å²) >= 11 is 0. The quantitative estimate of drug-likeness (QED) is 0.780. The molecule has 19 heavy (non-hydrogen) atoms. The lowest BCUT2D eigenvalue weighted by atomic mass is 10.1. The van der Waals surface area contributed by atoms with Gasteiger partial charge in [0.1, 0.15) is 11.5 Å². The van der Waals surface area contributed by atoms with E-state index in [4.69, 9.17) is 0 Å². The van der Waals surface area contributed by atoms with Gasteiger partial charge in [-0.05, 0) is 43.2 Å². The molecule has 0 fully saturated rings. The fourth-order valence-electron chi connectivity index (χ4n) is 2.06. The molecule has 0 saturated carbocycles. The van der Waals surface area contributed by atoms with Crippen molar-refractivity contribution < 1.29 is 10.2 Å². The van der Waals surface area contributed by atoms with Gasteiger partial charge >= 0.3 is 0 Å². The highest BCUT2D eigenvalue weighted by atomic mass is 16.3. The first-order valence-electron chi connectivity index (χ1n) is 6.47. The van der Waals surface area contributed by atoms with Gasteiger partial charge in [0.05, 0.1) is 6.04 Å². The number of aryl methyl sites for hydroxylation is 1. The first-order valence-corrected chi connectivity index (χ1v) is 6.47. The lowest BCUT2D eigenvalue weighted by Crippen LogP contribution is -2.06. The molecule has 1 atom stereocenters. The van der Waals surface area contributed by atoms with E-state index in [0.29, 0.717) is 0 Å². The van der Waals surface area contributed by atoms with Gasteiger partial charge in [-0.15, -0.1) is 0 Å². The fraction of sp³-hybridized carbons (Fsp3) is 0.250. The third-order valence-corrected chi connectivity index (χ3v) is 3.23. The molecule has 3 heteroatoms. The molecule has 0 bridgehead atoms. The first-order chi connectivity index (χ1) is 9.10. The molecule has 3 nitrogen and oxygen atoms in total. The van der Waals surface area contributed by atoms with Crippen LogP contribution in [0.5, 0.6) is 11.5 Å². The molecule has 0 aliphatic carbocycles. The lowest BCUT2D eigenvalue weighted by molar-refractivity contribution is 0.444. The van der Waals surface area contributed by atoms with Gasteiger partial charge < -0.3 is 15.5 Å². The van der Waals surface area contributed by atoms with Crippen molar-refractivity contribution in [1.29, 1.82) is 0 Å². The number of hydrogen-bond acceptors (Lipinski definition) is 3. The molecule has 0 aliphatic heterocycles. The second kappa shape index (κ2) is 5.65. The van der Waals surface area contributed by atoms with Crippen LogP contribution in [-0.4, -0.2) is 10.2 Å². The minimum atomic E-state index is -0.0342. The Bertz CT molecular complexity index is 549. The zero-order valence-corrected chi connectivity index (χ0v) is 11.2. The second-order valence-electron chi connectivity index (χ2n) is 4.66. The molecule has 3 N–H and O–H groups in total. The number of aromatic hydroxyl groups is 2. The third kappa shape index (κ3) is 3.19. The standard InChI is InChI=1S/C16H19NO2/c1-3-12-4-6-13(7-5-12)17-11(2)15-9-8-14(18)10-16(15)19/h4-11,17-19H,3H2,1-2H3. The van der Waals surface area contributed by atoms with Gasteiger partial charge in [0.15, 0.2) is 0 Å². The minimum absolute atomic E-state index is 0.0342. The van der Waals surface area contributed by atoms with Crippen LogP contribution in [0.4, 0.5) is 5.69 Å². The molecule has 100 valence electrons. The zero-order chi connectivity index (χ0) is 13.8. The Balaban J connectivity index is 2.13. The number of rotatable bonds is 4. The van der Waals surface area contributed by atoms with Gasteiger partial charge in [-0.2, -0.15) is 0 Å². The summed E-state index contributed by atoms with van der Waals surface area (Å²) in [5, 5.41) is 22.4. The first kappa shape index (κ1) is 13.3. The molecule has 0 amide bonds. The number of anilines is 1. The van der Waals surface area contributed by atoms with E-state index in [0.717, 1.165) is 17.7 Å². The maximum atomic E-state index is 9.82. The molecule has 2 rings (SSSR count). The molecule has 0 aliphatic rings. The van der Waals surface area contributed by atoms with E-state index >= 15 is 0 Å². The minimum Gasteiger partial charge on any atom is -0.508 e. The van der Waals surface area contributed by atoms with Crippen molar-refractivity contribution in [3.8, 4) is 11.5 Å². The Morgan fingerprint density at radius 3 is 2.32 bits per heavy atom. The van der Waals surface area contributed by atoms with Gasteiger partial charge in [-0.1, -0.05) is 19.1 Å². The Hall–Kier alpha value is -2.16. The van der Waals surface area contributed by atoms with E-state index in [1.54, 1.807) is 12.1 Å². The summed E-state index contributed by atoms with van der Waals surface area (Å²) in [6.45, 7) is 4.10. The second-order valence-corrected chi connectivity index (χ2v) is 4.66. The van der Waals surface area contributed by atoms with Crippen LogP contribution in [0.25, 0.3) is 0 Å². The van der Waals surface area contributed by atoms with Crippen LogP contribution in [-0.2, 0) is 6.42 Å². The average Bonchev–Trinajstić information content (AvgIpc) is 2.39. The van der Waals surface area contributed by atoms with Gasteiger partial charge in [-0.25, -0.2) is 0 Å². The zero-order valence-electron chi connectivity index (χ0n) is 11.2. The van der Waals surface area contributed by atoms with Crippen LogP contribution in [0, 0.1) is 0 Å². The Morgan fingerprint density at radius 1 is 1.05 bits per heavy atom. The molecule has 0 saturated heterocycles. The van der Waals surface area contributed by atoms with E-state index in [1.807, 2.05) is 19.1 Å². The molecule has 0 spiro atoms. The summed E-state index contributed by atoms with van der Waals surface area (Å²) in [7, 11) is 0. The molecule has 0 heterocycles. The van der Waals surface area contributed by atoms with Crippen molar-refractivity contribution in [2.24, 2.45) is 0 Å². The Kier molecular flexibility index (Phi) is 3.95. The summed E-state index contributed by atoms with van der Waals surface area (Å²) < 4.78 is 0. The molecule has 2 aromatic rings. The van der Waals surface area contributed by atoms with Crippen LogP contribution >= 0.6 is 0 Å². The SMILES string of the molecule is CCc1ccc(NC(C)c2ccc(O)cc2O)cc1. The lowest BCUT2D eigenvalue weighted by Gasteiger charge is -2.17. The predicted molar refractivity (Wildman–Crippen MR) is 77.6 cm³/mol. The normalized spacial score (nSPS) is 12.1. The molecule has 0 radical (unpaired) electrons. The largest absolute Gasteiger partial charge is 0.508 e. The molecular weight excluding hydrogens is 238 g/mol. The smallest absolute Gasteiger partial charge is 0.124 e. The van der Waals surface area contributed by atoms with Crippen LogP contribution in [0.3, 0.4) is 0 Å². The summed E-state index contributed by atoms with van der Waals surface area (Å²) in [6, 6.07) is 12.9.